The quantitative estimate of drug-likeness (QED) is 0.458. The molecule has 2 heteroatoms. The van der Waals surface area contributed by atoms with E-state index in [1.54, 1.807) is 0 Å². The van der Waals surface area contributed by atoms with Gasteiger partial charge in [-0.25, -0.2) is 0 Å². The van der Waals surface area contributed by atoms with Crippen LogP contribution in [0.25, 0.3) is 11.1 Å². The standard InChI is InChI=1S/C25H34O2/c1-3-5-7-9-24-18-27-25(19-26-24)23-16-14-22(15-17-23)21-12-10-20(11-13-21)8-6-4-2/h10-17,24-25H,3-9,18-19H2,1-2H3/t24-,25-/m0/s1. The van der Waals surface area contributed by atoms with Gasteiger partial charge in [-0.1, -0.05) is 88.1 Å². The second-order valence-corrected chi connectivity index (χ2v) is 7.70. The minimum Gasteiger partial charge on any atom is -0.373 e. The zero-order chi connectivity index (χ0) is 18.9. The highest BCUT2D eigenvalue weighted by Gasteiger charge is 2.23. The van der Waals surface area contributed by atoms with Gasteiger partial charge in [-0.2, -0.15) is 0 Å². The first-order valence-electron chi connectivity index (χ1n) is 10.7. The molecule has 0 unspecified atom stereocenters. The maximum absolute atomic E-state index is 6.08. The molecule has 2 nitrogen and oxygen atoms in total. The van der Waals surface area contributed by atoms with Crippen molar-refractivity contribution in [2.75, 3.05) is 13.2 Å². The van der Waals surface area contributed by atoms with E-state index in [4.69, 9.17) is 9.47 Å². The smallest absolute Gasteiger partial charge is 0.106 e. The Kier molecular flexibility index (Phi) is 7.92. The van der Waals surface area contributed by atoms with Crippen LogP contribution in [0.15, 0.2) is 48.5 Å². The first kappa shape index (κ1) is 20.1. The van der Waals surface area contributed by atoms with E-state index in [-0.39, 0.29) is 12.2 Å². The number of aryl methyl sites for hydroxylation is 1. The fourth-order valence-corrected chi connectivity index (χ4v) is 3.66. The molecule has 3 rings (SSSR count). The van der Waals surface area contributed by atoms with Crippen LogP contribution in [0.1, 0.15) is 69.6 Å². The number of rotatable bonds is 9. The van der Waals surface area contributed by atoms with Crippen LogP contribution in [0.3, 0.4) is 0 Å². The number of hydrogen-bond donors (Lipinski definition) is 0. The van der Waals surface area contributed by atoms with Gasteiger partial charge in [0.2, 0.25) is 0 Å². The zero-order valence-electron chi connectivity index (χ0n) is 17.0. The molecule has 1 aliphatic rings. The minimum atomic E-state index is 0.0675. The number of ether oxygens (including phenoxy) is 2. The Balaban J connectivity index is 1.53. The molecule has 0 aliphatic carbocycles. The van der Waals surface area contributed by atoms with Crippen LogP contribution < -0.4 is 0 Å². The Morgan fingerprint density at radius 1 is 0.741 bits per heavy atom. The fourth-order valence-electron chi connectivity index (χ4n) is 3.66. The number of benzene rings is 2. The van der Waals surface area contributed by atoms with Crippen molar-refractivity contribution in [3.63, 3.8) is 0 Å². The van der Waals surface area contributed by atoms with Crippen LogP contribution in [0.4, 0.5) is 0 Å². The third-order valence-electron chi connectivity index (χ3n) is 5.48. The van der Waals surface area contributed by atoms with E-state index < -0.39 is 0 Å². The second-order valence-electron chi connectivity index (χ2n) is 7.70. The summed E-state index contributed by atoms with van der Waals surface area (Å²) in [5.74, 6) is 0. The largest absolute Gasteiger partial charge is 0.373 e. The first-order valence-corrected chi connectivity index (χ1v) is 10.7. The van der Waals surface area contributed by atoms with E-state index in [9.17, 15) is 0 Å². The molecule has 27 heavy (non-hydrogen) atoms. The molecule has 2 atom stereocenters. The van der Waals surface area contributed by atoms with Crippen molar-refractivity contribution in [1.82, 2.24) is 0 Å². The fraction of sp³-hybridized carbons (Fsp3) is 0.520. The molecule has 0 saturated carbocycles. The van der Waals surface area contributed by atoms with E-state index in [0.717, 1.165) is 13.0 Å². The summed E-state index contributed by atoms with van der Waals surface area (Å²) in [5, 5.41) is 0. The van der Waals surface area contributed by atoms with Crippen LogP contribution in [0.5, 0.6) is 0 Å². The third-order valence-corrected chi connectivity index (χ3v) is 5.48. The van der Waals surface area contributed by atoms with Crippen molar-refractivity contribution >= 4 is 0 Å². The van der Waals surface area contributed by atoms with Gasteiger partial charge in [-0.05, 0) is 41.5 Å². The van der Waals surface area contributed by atoms with Crippen molar-refractivity contribution in [3.05, 3.63) is 59.7 Å². The average Bonchev–Trinajstić information content (AvgIpc) is 2.73. The molecule has 2 aromatic carbocycles. The van der Waals surface area contributed by atoms with Gasteiger partial charge in [-0.3, -0.25) is 0 Å². The summed E-state index contributed by atoms with van der Waals surface area (Å²) >= 11 is 0. The molecule has 0 amide bonds. The molecule has 0 radical (unpaired) electrons. The van der Waals surface area contributed by atoms with Gasteiger partial charge < -0.3 is 9.47 Å². The monoisotopic (exact) mass is 366 g/mol. The molecular formula is C25H34O2. The summed E-state index contributed by atoms with van der Waals surface area (Å²) in [6, 6.07) is 17.8. The maximum Gasteiger partial charge on any atom is 0.106 e. The van der Waals surface area contributed by atoms with E-state index in [1.807, 2.05) is 0 Å². The number of unbranched alkanes of at least 4 members (excludes halogenated alkanes) is 3. The molecule has 1 fully saturated rings. The molecule has 1 saturated heterocycles. The van der Waals surface area contributed by atoms with Crippen molar-refractivity contribution in [2.24, 2.45) is 0 Å². The van der Waals surface area contributed by atoms with Gasteiger partial charge in [0.05, 0.1) is 19.3 Å². The Morgan fingerprint density at radius 3 is 2.00 bits per heavy atom. The van der Waals surface area contributed by atoms with Crippen molar-refractivity contribution in [1.29, 1.82) is 0 Å². The molecule has 0 spiro atoms. The summed E-state index contributed by atoms with van der Waals surface area (Å²) in [6.07, 6.45) is 8.92. The Bertz CT molecular complexity index is 652. The molecule has 0 N–H and O–H groups in total. The van der Waals surface area contributed by atoms with E-state index in [0.29, 0.717) is 6.61 Å². The highest BCUT2D eigenvalue weighted by molar-refractivity contribution is 5.64. The van der Waals surface area contributed by atoms with Crippen LogP contribution in [0.2, 0.25) is 0 Å². The maximum atomic E-state index is 6.08. The molecule has 0 aromatic heterocycles. The molecule has 1 aliphatic heterocycles. The number of hydrogen-bond acceptors (Lipinski definition) is 2. The van der Waals surface area contributed by atoms with Crippen molar-refractivity contribution < 1.29 is 9.47 Å². The van der Waals surface area contributed by atoms with Crippen molar-refractivity contribution in [3.8, 4) is 11.1 Å². The van der Waals surface area contributed by atoms with Gasteiger partial charge in [0.1, 0.15) is 6.10 Å². The third kappa shape index (κ3) is 5.92. The lowest BCUT2D eigenvalue weighted by atomic mass is 9.99. The summed E-state index contributed by atoms with van der Waals surface area (Å²) in [5.41, 5.74) is 5.18. The molecular weight excluding hydrogens is 332 g/mol. The van der Waals surface area contributed by atoms with Gasteiger partial charge in [-0.15, -0.1) is 0 Å². The van der Waals surface area contributed by atoms with Gasteiger partial charge in [0.15, 0.2) is 0 Å². The average molecular weight is 367 g/mol. The lowest BCUT2D eigenvalue weighted by molar-refractivity contribution is -0.137. The molecule has 1 heterocycles. The predicted molar refractivity (Wildman–Crippen MR) is 113 cm³/mol. The summed E-state index contributed by atoms with van der Waals surface area (Å²) in [6.45, 7) is 5.86. The van der Waals surface area contributed by atoms with Crippen LogP contribution in [-0.4, -0.2) is 19.3 Å². The highest BCUT2D eigenvalue weighted by atomic mass is 16.6. The Labute approximate surface area is 164 Å². The predicted octanol–water partition coefficient (Wildman–Crippen LogP) is 6.73. The van der Waals surface area contributed by atoms with Crippen LogP contribution in [-0.2, 0) is 15.9 Å². The van der Waals surface area contributed by atoms with E-state index >= 15 is 0 Å². The normalized spacial score (nSPS) is 19.9. The SMILES string of the molecule is CCCCC[C@H]1CO[C@H](c2ccc(-c3ccc(CCCC)cc3)cc2)CO1. The lowest BCUT2D eigenvalue weighted by Crippen LogP contribution is -2.31. The topological polar surface area (TPSA) is 18.5 Å². The Morgan fingerprint density at radius 2 is 1.41 bits per heavy atom. The van der Waals surface area contributed by atoms with E-state index in [2.05, 4.69) is 62.4 Å². The van der Waals surface area contributed by atoms with Crippen LogP contribution >= 0.6 is 0 Å². The summed E-state index contributed by atoms with van der Waals surface area (Å²) in [4.78, 5) is 0. The molecule has 146 valence electrons. The lowest BCUT2D eigenvalue weighted by Gasteiger charge is -2.30. The highest BCUT2D eigenvalue weighted by Crippen LogP contribution is 2.27. The molecule has 0 bridgehead atoms. The minimum absolute atomic E-state index is 0.0675. The van der Waals surface area contributed by atoms with E-state index in [1.165, 1.54) is 60.8 Å². The second kappa shape index (κ2) is 10.6. The van der Waals surface area contributed by atoms with Gasteiger partial charge >= 0.3 is 0 Å². The first-order chi connectivity index (χ1) is 13.3. The molecule has 2 aromatic rings. The van der Waals surface area contributed by atoms with Crippen LogP contribution in [0, 0.1) is 0 Å². The van der Waals surface area contributed by atoms with Gasteiger partial charge in [0, 0.05) is 0 Å². The zero-order valence-corrected chi connectivity index (χ0v) is 17.0. The summed E-state index contributed by atoms with van der Waals surface area (Å²) in [7, 11) is 0. The van der Waals surface area contributed by atoms with Gasteiger partial charge in [0.25, 0.3) is 0 Å². The Hall–Kier alpha value is -1.64. The summed E-state index contributed by atoms with van der Waals surface area (Å²) < 4.78 is 12.1. The van der Waals surface area contributed by atoms with Crippen molar-refractivity contribution in [2.45, 2.75) is 71.0 Å².